The van der Waals surface area contributed by atoms with Gasteiger partial charge in [0.05, 0.1) is 11.5 Å². The van der Waals surface area contributed by atoms with Gasteiger partial charge in [-0.2, -0.15) is 4.37 Å². The zero-order chi connectivity index (χ0) is 12.8. The van der Waals surface area contributed by atoms with Gasteiger partial charge < -0.3 is 10.6 Å². The standard InChI is InChI=1S/C11H17N3O2S2/c12-10-9(8-2-3-8)11(17-13-10)14-4-1-6-18(15,16)7-5-14/h8H,1-7H2,(H2,12,13). The highest BCUT2D eigenvalue weighted by Gasteiger charge is 2.33. The number of rotatable bonds is 2. The molecule has 2 aliphatic rings. The summed E-state index contributed by atoms with van der Waals surface area (Å²) in [5, 5.41) is 1.10. The molecule has 2 N–H and O–H groups in total. The molecule has 0 amide bonds. The maximum absolute atomic E-state index is 11.6. The van der Waals surface area contributed by atoms with Gasteiger partial charge >= 0.3 is 0 Å². The number of aromatic nitrogens is 1. The predicted molar refractivity (Wildman–Crippen MR) is 74.0 cm³/mol. The molecule has 1 aromatic rings. The number of nitrogens with zero attached hydrogens (tertiary/aromatic N) is 2. The molecule has 5 nitrogen and oxygen atoms in total. The number of sulfone groups is 1. The Morgan fingerprint density at radius 2 is 2.06 bits per heavy atom. The lowest BCUT2D eigenvalue weighted by molar-refractivity contribution is 0.597. The minimum absolute atomic E-state index is 0.245. The number of nitrogen functional groups attached to an aromatic ring is 1. The topological polar surface area (TPSA) is 76.3 Å². The SMILES string of the molecule is Nc1nsc(N2CCCS(=O)(=O)CC2)c1C1CC1. The second-order valence-corrected chi connectivity index (χ2v) is 8.11. The van der Waals surface area contributed by atoms with E-state index in [1.807, 2.05) is 0 Å². The van der Waals surface area contributed by atoms with Crippen molar-refractivity contribution in [1.82, 2.24) is 4.37 Å². The highest BCUT2D eigenvalue weighted by Crippen LogP contribution is 2.48. The Labute approximate surface area is 111 Å². The molecule has 1 aliphatic heterocycles. The van der Waals surface area contributed by atoms with Gasteiger partial charge in [-0.15, -0.1) is 0 Å². The Hall–Kier alpha value is -0.820. The molecule has 1 aliphatic carbocycles. The van der Waals surface area contributed by atoms with Crippen molar-refractivity contribution < 1.29 is 8.42 Å². The van der Waals surface area contributed by atoms with Crippen molar-refractivity contribution in [1.29, 1.82) is 0 Å². The monoisotopic (exact) mass is 287 g/mol. The Morgan fingerprint density at radius 1 is 1.28 bits per heavy atom. The molecule has 100 valence electrons. The smallest absolute Gasteiger partial charge is 0.152 e. The van der Waals surface area contributed by atoms with E-state index in [1.165, 1.54) is 29.9 Å². The van der Waals surface area contributed by atoms with E-state index in [2.05, 4.69) is 9.27 Å². The average molecular weight is 287 g/mol. The zero-order valence-corrected chi connectivity index (χ0v) is 11.8. The third kappa shape index (κ3) is 2.33. The quantitative estimate of drug-likeness (QED) is 0.885. The van der Waals surface area contributed by atoms with Gasteiger partial charge in [0.1, 0.15) is 10.8 Å². The first-order chi connectivity index (χ1) is 8.57. The minimum atomic E-state index is -2.86. The summed E-state index contributed by atoms with van der Waals surface area (Å²) in [6.07, 6.45) is 3.06. The first kappa shape index (κ1) is 12.2. The average Bonchev–Trinajstić information content (AvgIpc) is 3.08. The fraction of sp³-hybridized carbons (Fsp3) is 0.727. The molecule has 7 heteroatoms. The van der Waals surface area contributed by atoms with Crippen LogP contribution in [-0.4, -0.2) is 37.4 Å². The van der Waals surface area contributed by atoms with E-state index >= 15 is 0 Å². The Kier molecular flexibility index (Phi) is 2.97. The summed E-state index contributed by atoms with van der Waals surface area (Å²) < 4.78 is 27.5. The van der Waals surface area contributed by atoms with Crippen molar-refractivity contribution in [3.05, 3.63) is 5.56 Å². The van der Waals surface area contributed by atoms with Crippen LogP contribution in [0.5, 0.6) is 0 Å². The molecule has 0 atom stereocenters. The zero-order valence-electron chi connectivity index (χ0n) is 10.1. The largest absolute Gasteiger partial charge is 0.383 e. The van der Waals surface area contributed by atoms with Gasteiger partial charge in [-0.1, -0.05) is 0 Å². The van der Waals surface area contributed by atoms with Crippen LogP contribution in [0.25, 0.3) is 0 Å². The van der Waals surface area contributed by atoms with Crippen molar-refractivity contribution in [2.45, 2.75) is 25.2 Å². The van der Waals surface area contributed by atoms with Crippen molar-refractivity contribution in [3.8, 4) is 0 Å². The first-order valence-corrected chi connectivity index (χ1v) is 8.87. The molecular formula is C11H17N3O2S2. The Bertz CT molecular complexity index is 549. The highest BCUT2D eigenvalue weighted by atomic mass is 32.2. The maximum atomic E-state index is 11.6. The molecule has 1 saturated carbocycles. The second-order valence-electron chi connectivity index (χ2n) is 5.05. The van der Waals surface area contributed by atoms with Gasteiger partial charge in [0.15, 0.2) is 9.84 Å². The Morgan fingerprint density at radius 3 is 2.78 bits per heavy atom. The summed E-state index contributed by atoms with van der Waals surface area (Å²) in [5.74, 6) is 1.74. The molecule has 1 saturated heterocycles. The summed E-state index contributed by atoms with van der Waals surface area (Å²) in [6, 6.07) is 0. The van der Waals surface area contributed by atoms with Crippen LogP contribution in [0.2, 0.25) is 0 Å². The summed E-state index contributed by atoms with van der Waals surface area (Å²) in [5.41, 5.74) is 7.10. The van der Waals surface area contributed by atoms with E-state index in [0.29, 0.717) is 30.5 Å². The van der Waals surface area contributed by atoms with Gasteiger partial charge in [-0.05, 0) is 36.7 Å². The third-order valence-electron chi connectivity index (χ3n) is 3.57. The van der Waals surface area contributed by atoms with E-state index in [1.54, 1.807) is 0 Å². The Balaban J connectivity index is 1.86. The number of nitrogens with two attached hydrogens (primary N) is 1. The second kappa shape index (κ2) is 4.38. The lowest BCUT2D eigenvalue weighted by atomic mass is 10.2. The number of hydrogen-bond donors (Lipinski definition) is 1. The van der Waals surface area contributed by atoms with Crippen molar-refractivity contribution in [2.75, 3.05) is 35.2 Å². The summed E-state index contributed by atoms with van der Waals surface area (Å²) >= 11 is 1.42. The summed E-state index contributed by atoms with van der Waals surface area (Å²) in [4.78, 5) is 2.16. The molecule has 1 aromatic heterocycles. The van der Waals surface area contributed by atoms with Crippen LogP contribution in [0.3, 0.4) is 0 Å². The fourth-order valence-electron chi connectivity index (χ4n) is 2.43. The molecule has 0 unspecified atom stereocenters. The minimum Gasteiger partial charge on any atom is -0.383 e. The molecule has 0 bridgehead atoms. The normalized spacial score (nSPS) is 23.9. The summed E-state index contributed by atoms with van der Waals surface area (Å²) in [6.45, 7) is 1.37. The van der Waals surface area contributed by atoms with E-state index in [4.69, 9.17) is 5.73 Å². The summed E-state index contributed by atoms with van der Waals surface area (Å²) in [7, 11) is -2.86. The molecule has 0 radical (unpaired) electrons. The van der Waals surface area contributed by atoms with Gasteiger partial charge in [-0.25, -0.2) is 8.42 Å². The van der Waals surface area contributed by atoms with Crippen molar-refractivity contribution in [2.24, 2.45) is 0 Å². The van der Waals surface area contributed by atoms with Crippen LogP contribution in [0, 0.1) is 0 Å². The van der Waals surface area contributed by atoms with Gasteiger partial charge in [0, 0.05) is 18.7 Å². The molecule has 18 heavy (non-hydrogen) atoms. The molecule has 2 heterocycles. The van der Waals surface area contributed by atoms with Crippen LogP contribution in [0.1, 0.15) is 30.7 Å². The van der Waals surface area contributed by atoms with Crippen LogP contribution in [0.4, 0.5) is 10.8 Å². The van der Waals surface area contributed by atoms with Crippen molar-refractivity contribution >= 4 is 32.2 Å². The fourth-order valence-corrected chi connectivity index (χ4v) is 4.65. The van der Waals surface area contributed by atoms with Crippen LogP contribution in [-0.2, 0) is 9.84 Å². The van der Waals surface area contributed by atoms with Crippen LogP contribution < -0.4 is 10.6 Å². The number of hydrogen-bond acceptors (Lipinski definition) is 6. The van der Waals surface area contributed by atoms with E-state index in [9.17, 15) is 8.42 Å². The van der Waals surface area contributed by atoms with Crippen LogP contribution in [0.15, 0.2) is 0 Å². The molecule has 0 spiro atoms. The highest BCUT2D eigenvalue weighted by molar-refractivity contribution is 7.91. The first-order valence-electron chi connectivity index (χ1n) is 6.27. The van der Waals surface area contributed by atoms with Gasteiger partial charge in [-0.3, -0.25) is 0 Å². The molecule has 0 aromatic carbocycles. The molecule has 3 rings (SSSR count). The van der Waals surface area contributed by atoms with Crippen LogP contribution >= 0.6 is 11.5 Å². The van der Waals surface area contributed by atoms with E-state index < -0.39 is 9.84 Å². The van der Waals surface area contributed by atoms with E-state index in [0.717, 1.165) is 11.5 Å². The van der Waals surface area contributed by atoms with E-state index in [-0.39, 0.29) is 5.75 Å². The van der Waals surface area contributed by atoms with Gasteiger partial charge in [0.25, 0.3) is 0 Å². The third-order valence-corrected chi connectivity index (χ3v) is 6.22. The molecular weight excluding hydrogens is 270 g/mol. The maximum Gasteiger partial charge on any atom is 0.152 e. The number of anilines is 2. The molecule has 2 fully saturated rings. The van der Waals surface area contributed by atoms with Gasteiger partial charge in [0.2, 0.25) is 0 Å². The lowest BCUT2D eigenvalue weighted by Gasteiger charge is -2.21. The lowest BCUT2D eigenvalue weighted by Crippen LogP contribution is -2.26. The van der Waals surface area contributed by atoms with Crippen molar-refractivity contribution in [3.63, 3.8) is 0 Å². The predicted octanol–water partition coefficient (Wildman–Crippen LogP) is 1.23.